The number of aliphatic hydroxyl groups excluding tert-OH is 1. The number of aromatic nitrogens is 1. The molecule has 0 saturated heterocycles. The van der Waals surface area contributed by atoms with Crippen LogP contribution in [0.15, 0.2) is 61.2 Å². The Balaban J connectivity index is 1.54. The zero-order valence-electron chi connectivity index (χ0n) is 15.0. The Morgan fingerprint density at radius 1 is 1.32 bits per heavy atom. The van der Waals surface area contributed by atoms with Crippen LogP contribution in [0.3, 0.4) is 0 Å². The van der Waals surface area contributed by atoms with Crippen molar-refractivity contribution < 1.29 is 18.7 Å². The SMILES string of the molecule is Cc1csc(SCc2c(C(=O)NCC(O)c3ccco3)oc3ccccc23)n1. The average molecular weight is 415 g/mol. The van der Waals surface area contributed by atoms with Crippen LogP contribution in [0.25, 0.3) is 11.0 Å². The Labute approximate surface area is 169 Å². The minimum Gasteiger partial charge on any atom is -0.467 e. The summed E-state index contributed by atoms with van der Waals surface area (Å²) in [6, 6.07) is 10.9. The molecule has 3 heterocycles. The van der Waals surface area contributed by atoms with Gasteiger partial charge in [-0.15, -0.1) is 11.3 Å². The molecule has 0 fully saturated rings. The number of aryl methyl sites for hydroxylation is 1. The Hall–Kier alpha value is -2.55. The molecule has 0 aliphatic rings. The van der Waals surface area contributed by atoms with Crippen LogP contribution < -0.4 is 5.32 Å². The molecule has 3 aromatic heterocycles. The number of hydrogen-bond donors (Lipinski definition) is 2. The monoisotopic (exact) mass is 414 g/mol. The van der Waals surface area contributed by atoms with Crippen LogP contribution in [0.2, 0.25) is 0 Å². The van der Waals surface area contributed by atoms with E-state index in [-0.39, 0.29) is 18.2 Å². The third-order valence-electron chi connectivity index (χ3n) is 4.17. The molecule has 4 rings (SSSR count). The summed E-state index contributed by atoms with van der Waals surface area (Å²) in [6.07, 6.45) is 0.564. The van der Waals surface area contributed by atoms with E-state index in [4.69, 9.17) is 8.83 Å². The topological polar surface area (TPSA) is 88.5 Å². The zero-order valence-corrected chi connectivity index (χ0v) is 16.7. The van der Waals surface area contributed by atoms with Gasteiger partial charge in [-0.25, -0.2) is 4.98 Å². The van der Waals surface area contributed by atoms with Gasteiger partial charge >= 0.3 is 0 Å². The molecular formula is C20H18N2O4S2. The molecule has 8 heteroatoms. The number of para-hydroxylation sites is 1. The highest BCUT2D eigenvalue weighted by molar-refractivity contribution is 8.00. The van der Waals surface area contributed by atoms with E-state index in [1.165, 1.54) is 6.26 Å². The van der Waals surface area contributed by atoms with Crippen LogP contribution in [-0.4, -0.2) is 22.5 Å². The van der Waals surface area contributed by atoms with Gasteiger partial charge in [0.15, 0.2) is 5.76 Å². The van der Waals surface area contributed by atoms with Crippen molar-refractivity contribution >= 4 is 40.0 Å². The molecule has 0 aliphatic heterocycles. The third-order valence-corrected chi connectivity index (χ3v) is 6.34. The van der Waals surface area contributed by atoms with Crippen LogP contribution >= 0.6 is 23.1 Å². The summed E-state index contributed by atoms with van der Waals surface area (Å²) in [6.45, 7) is 1.98. The minimum absolute atomic E-state index is 0.0294. The molecule has 2 N–H and O–H groups in total. The fraction of sp³-hybridized carbons (Fsp3) is 0.200. The number of benzene rings is 1. The number of rotatable bonds is 7. The number of amides is 1. The van der Waals surface area contributed by atoms with Gasteiger partial charge in [0.05, 0.1) is 12.8 Å². The van der Waals surface area contributed by atoms with Gasteiger partial charge in [-0.3, -0.25) is 4.79 Å². The van der Waals surface area contributed by atoms with Crippen LogP contribution in [0.4, 0.5) is 0 Å². The first-order chi connectivity index (χ1) is 13.6. The molecule has 0 radical (unpaired) electrons. The number of thioether (sulfide) groups is 1. The first-order valence-corrected chi connectivity index (χ1v) is 10.5. The molecule has 144 valence electrons. The van der Waals surface area contributed by atoms with Gasteiger partial charge in [0.2, 0.25) is 0 Å². The fourth-order valence-corrected chi connectivity index (χ4v) is 4.69. The van der Waals surface area contributed by atoms with Gasteiger partial charge in [-0.1, -0.05) is 30.0 Å². The maximum atomic E-state index is 12.8. The summed E-state index contributed by atoms with van der Waals surface area (Å²) >= 11 is 3.15. The molecule has 1 unspecified atom stereocenters. The normalized spacial score (nSPS) is 12.4. The van der Waals surface area contributed by atoms with Gasteiger partial charge < -0.3 is 19.3 Å². The highest BCUT2D eigenvalue weighted by Gasteiger charge is 2.22. The lowest BCUT2D eigenvalue weighted by atomic mass is 10.1. The summed E-state index contributed by atoms with van der Waals surface area (Å²) in [5, 5.41) is 15.7. The van der Waals surface area contributed by atoms with Crippen LogP contribution in [0.5, 0.6) is 0 Å². The van der Waals surface area contributed by atoms with Gasteiger partial charge in [-0.05, 0) is 25.1 Å². The molecule has 0 saturated carbocycles. The maximum Gasteiger partial charge on any atom is 0.287 e. The van der Waals surface area contributed by atoms with Crippen molar-refractivity contribution in [2.45, 2.75) is 23.1 Å². The number of carbonyl (C=O) groups is 1. The molecule has 0 bridgehead atoms. The van der Waals surface area contributed by atoms with E-state index in [1.54, 1.807) is 35.2 Å². The maximum absolute atomic E-state index is 12.8. The van der Waals surface area contributed by atoms with E-state index in [2.05, 4.69) is 10.3 Å². The number of thiazole rings is 1. The van der Waals surface area contributed by atoms with Crippen LogP contribution in [-0.2, 0) is 5.75 Å². The van der Waals surface area contributed by atoms with Crippen molar-refractivity contribution in [2.24, 2.45) is 0 Å². The molecule has 4 aromatic rings. The average Bonchev–Trinajstić information content (AvgIpc) is 3.44. The summed E-state index contributed by atoms with van der Waals surface area (Å²) in [7, 11) is 0. The fourth-order valence-electron chi connectivity index (χ4n) is 2.81. The number of hydrogen-bond acceptors (Lipinski definition) is 7. The highest BCUT2D eigenvalue weighted by Crippen LogP contribution is 2.33. The predicted octanol–water partition coefficient (Wildman–Crippen LogP) is 4.55. The third kappa shape index (κ3) is 3.99. The predicted molar refractivity (Wildman–Crippen MR) is 109 cm³/mol. The number of fused-ring (bicyclic) bond motifs is 1. The number of aliphatic hydroxyl groups is 1. The van der Waals surface area contributed by atoms with E-state index in [0.717, 1.165) is 21.0 Å². The Morgan fingerprint density at radius 2 is 2.18 bits per heavy atom. The number of carbonyl (C=O) groups excluding carboxylic acids is 1. The van der Waals surface area contributed by atoms with E-state index >= 15 is 0 Å². The van der Waals surface area contributed by atoms with Crippen molar-refractivity contribution in [1.29, 1.82) is 0 Å². The first kappa shape index (κ1) is 18.8. The Morgan fingerprint density at radius 3 is 2.93 bits per heavy atom. The zero-order chi connectivity index (χ0) is 19.5. The Bertz CT molecular complexity index is 1080. The second-order valence-corrected chi connectivity index (χ2v) is 8.27. The molecule has 28 heavy (non-hydrogen) atoms. The lowest BCUT2D eigenvalue weighted by Crippen LogP contribution is -2.28. The second-order valence-electron chi connectivity index (χ2n) is 6.19. The first-order valence-electron chi connectivity index (χ1n) is 8.67. The van der Waals surface area contributed by atoms with Crippen molar-refractivity contribution in [3.8, 4) is 0 Å². The molecule has 0 spiro atoms. The lowest BCUT2D eigenvalue weighted by Gasteiger charge is -2.09. The summed E-state index contributed by atoms with van der Waals surface area (Å²) in [5.74, 6) is 0.856. The van der Waals surface area contributed by atoms with Crippen molar-refractivity contribution in [2.75, 3.05) is 6.54 Å². The molecule has 6 nitrogen and oxygen atoms in total. The van der Waals surface area contributed by atoms with Crippen molar-refractivity contribution in [3.05, 3.63) is 70.8 Å². The van der Waals surface area contributed by atoms with Gasteiger partial charge in [0.1, 0.15) is 21.8 Å². The van der Waals surface area contributed by atoms with E-state index < -0.39 is 6.10 Å². The number of nitrogens with one attached hydrogen (secondary N) is 1. The van der Waals surface area contributed by atoms with Gasteiger partial charge in [0.25, 0.3) is 5.91 Å². The smallest absolute Gasteiger partial charge is 0.287 e. The van der Waals surface area contributed by atoms with E-state index in [1.807, 2.05) is 36.6 Å². The molecule has 1 atom stereocenters. The molecule has 1 aromatic carbocycles. The summed E-state index contributed by atoms with van der Waals surface area (Å²) in [4.78, 5) is 17.2. The molecule has 1 amide bonds. The Kier molecular flexibility index (Phi) is 5.52. The minimum atomic E-state index is -0.917. The van der Waals surface area contributed by atoms with Gasteiger partial charge in [0, 0.05) is 27.8 Å². The largest absolute Gasteiger partial charge is 0.467 e. The lowest BCUT2D eigenvalue weighted by molar-refractivity contribution is 0.0875. The highest BCUT2D eigenvalue weighted by atomic mass is 32.2. The van der Waals surface area contributed by atoms with E-state index in [9.17, 15) is 9.90 Å². The standard InChI is InChI=1S/C20H18N2O4S2/c1-12-10-27-20(22-12)28-11-14-13-5-2-3-6-16(13)26-18(14)19(24)21-9-15(23)17-7-4-8-25-17/h2-8,10,15,23H,9,11H2,1H3,(H,21,24). The number of furan rings is 2. The summed E-state index contributed by atoms with van der Waals surface area (Å²) in [5.41, 5.74) is 2.46. The van der Waals surface area contributed by atoms with E-state index in [0.29, 0.717) is 17.1 Å². The van der Waals surface area contributed by atoms with Crippen LogP contribution in [0.1, 0.15) is 33.7 Å². The second kappa shape index (κ2) is 8.22. The van der Waals surface area contributed by atoms with Gasteiger partial charge in [-0.2, -0.15) is 0 Å². The van der Waals surface area contributed by atoms with Crippen molar-refractivity contribution in [1.82, 2.24) is 10.3 Å². The summed E-state index contributed by atoms with van der Waals surface area (Å²) < 4.78 is 11.9. The van der Waals surface area contributed by atoms with Crippen molar-refractivity contribution in [3.63, 3.8) is 0 Å². The molecule has 0 aliphatic carbocycles. The quantitative estimate of drug-likeness (QED) is 0.432. The molecular weight excluding hydrogens is 396 g/mol. The van der Waals surface area contributed by atoms with Crippen LogP contribution in [0, 0.1) is 6.92 Å². The number of nitrogens with zero attached hydrogens (tertiary/aromatic N) is 1.